The van der Waals surface area contributed by atoms with Crippen LogP contribution in [0.15, 0.2) is 22.6 Å². The molecule has 0 spiro atoms. The van der Waals surface area contributed by atoms with E-state index in [1.54, 1.807) is 13.0 Å². The molecule has 19 heavy (non-hydrogen) atoms. The molecule has 5 nitrogen and oxygen atoms in total. The van der Waals surface area contributed by atoms with Crippen LogP contribution in [0.1, 0.15) is 23.0 Å². The van der Waals surface area contributed by atoms with Gasteiger partial charge in [-0.25, -0.2) is 4.79 Å². The number of ether oxygens (including phenoxy) is 1. The highest BCUT2D eigenvalue weighted by Crippen LogP contribution is 2.30. The number of furan rings is 1. The Labute approximate surface area is 111 Å². The minimum Gasteiger partial charge on any atom is -0.508 e. The summed E-state index contributed by atoms with van der Waals surface area (Å²) in [4.78, 5) is 14.0. The number of carbonyl (C=O) groups is 1. The van der Waals surface area contributed by atoms with Crippen molar-refractivity contribution in [2.75, 3.05) is 20.7 Å². The lowest BCUT2D eigenvalue weighted by Crippen LogP contribution is -2.14. The molecule has 2 aromatic rings. The number of fused-ring (bicyclic) bond motifs is 1. The van der Waals surface area contributed by atoms with E-state index < -0.39 is 5.97 Å². The van der Waals surface area contributed by atoms with Crippen molar-refractivity contribution in [1.82, 2.24) is 4.90 Å². The molecule has 0 saturated carbocycles. The molecule has 1 aromatic heterocycles. The van der Waals surface area contributed by atoms with Gasteiger partial charge in [0.25, 0.3) is 0 Å². The Morgan fingerprint density at radius 3 is 2.79 bits per heavy atom. The topological polar surface area (TPSA) is 62.9 Å². The first-order chi connectivity index (χ1) is 9.02. The monoisotopic (exact) mass is 263 g/mol. The number of rotatable bonds is 4. The lowest BCUT2D eigenvalue weighted by atomic mass is 10.1. The smallest absolute Gasteiger partial charge is 0.342 e. The number of benzene rings is 1. The minimum absolute atomic E-state index is 0.0928. The number of hydrogen-bond donors (Lipinski definition) is 1. The fraction of sp³-hybridized carbons (Fsp3) is 0.357. The first kappa shape index (κ1) is 13.4. The molecular formula is C14H17NO4. The quantitative estimate of drug-likeness (QED) is 0.858. The fourth-order valence-corrected chi connectivity index (χ4v) is 1.96. The molecule has 0 unspecified atom stereocenters. The second-order valence-corrected chi connectivity index (χ2v) is 4.54. The van der Waals surface area contributed by atoms with Crippen LogP contribution in [0.2, 0.25) is 0 Å². The first-order valence-corrected chi connectivity index (χ1v) is 6.09. The number of phenolic OH excluding ortho intramolecular Hbond substituents is 1. The van der Waals surface area contributed by atoms with Gasteiger partial charge in [-0.3, -0.25) is 0 Å². The first-order valence-electron chi connectivity index (χ1n) is 6.09. The van der Waals surface area contributed by atoms with Crippen LogP contribution in [0.4, 0.5) is 0 Å². The molecule has 1 N–H and O–H groups in total. The summed E-state index contributed by atoms with van der Waals surface area (Å²) in [5.74, 6) is 0.211. The van der Waals surface area contributed by atoms with Crippen LogP contribution < -0.4 is 0 Å². The Morgan fingerprint density at radius 2 is 2.16 bits per heavy atom. The maximum absolute atomic E-state index is 12.1. The van der Waals surface area contributed by atoms with Crippen molar-refractivity contribution in [2.45, 2.75) is 13.5 Å². The zero-order valence-electron chi connectivity index (χ0n) is 11.3. The number of esters is 1. The van der Waals surface area contributed by atoms with Crippen LogP contribution in [0.25, 0.3) is 11.0 Å². The average molecular weight is 263 g/mol. The van der Waals surface area contributed by atoms with E-state index in [0.29, 0.717) is 35.4 Å². The summed E-state index contributed by atoms with van der Waals surface area (Å²) >= 11 is 0. The molecule has 0 aliphatic heterocycles. The number of hydrogen-bond acceptors (Lipinski definition) is 5. The van der Waals surface area contributed by atoms with Crippen molar-refractivity contribution >= 4 is 16.9 Å². The van der Waals surface area contributed by atoms with Gasteiger partial charge in [0.2, 0.25) is 0 Å². The molecule has 0 amide bonds. The second-order valence-electron chi connectivity index (χ2n) is 4.54. The number of phenols is 1. The molecular weight excluding hydrogens is 246 g/mol. The zero-order chi connectivity index (χ0) is 14.0. The highest BCUT2D eigenvalue weighted by molar-refractivity contribution is 6.04. The fourth-order valence-electron chi connectivity index (χ4n) is 1.96. The molecule has 0 aliphatic rings. The third kappa shape index (κ3) is 2.71. The van der Waals surface area contributed by atoms with E-state index in [9.17, 15) is 9.90 Å². The normalized spacial score (nSPS) is 11.2. The van der Waals surface area contributed by atoms with Crippen molar-refractivity contribution in [2.24, 2.45) is 0 Å². The van der Waals surface area contributed by atoms with E-state index in [2.05, 4.69) is 0 Å². The minimum atomic E-state index is -0.427. The number of carbonyl (C=O) groups excluding carboxylic acids is 1. The van der Waals surface area contributed by atoms with Crippen molar-refractivity contribution in [3.63, 3.8) is 0 Å². The van der Waals surface area contributed by atoms with E-state index >= 15 is 0 Å². The van der Waals surface area contributed by atoms with Gasteiger partial charge in [0.15, 0.2) is 0 Å². The van der Waals surface area contributed by atoms with Crippen molar-refractivity contribution in [3.05, 3.63) is 29.5 Å². The second kappa shape index (κ2) is 5.32. The third-order valence-electron chi connectivity index (χ3n) is 2.68. The SMILES string of the molecule is CCOC(=O)c1c(CN(C)C)oc2ccc(O)cc12. The van der Waals surface area contributed by atoms with Crippen molar-refractivity contribution in [1.29, 1.82) is 0 Å². The Kier molecular flexibility index (Phi) is 3.76. The van der Waals surface area contributed by atoms with Gasteiger partial charge >= 0.3 is 5.97 Å². The van der Waals surface area contributed by atoms with Gasteiger partial charge < -0.3 is 19.2 Å². The van der Waals surface area contributed by atoms with Gasteiger partial charge in [-0.1, -0.05) is 0 Å². The van der Waals surface area contributed by atoms with E-state index in [-0.39, 0.29) is 5.75 Å². The summed E-state index contributed by atoms with van der Waals surface area (Å²) in [5.41, 5.74) is 0.958. The van der Waals surface area contributed by atoms with Crippen LogP contribution in [0.5, 0.6) is 5.75 Å². The number of aromatic hydroxyl groups is 1. The predicted octanol–water partition coefficient (Wildman–Crippen LogP) is 2.38. The summed E-state index contributed by atoms with van der Waals surface area (Å²) in [7, 11) is 3.78. The Bertz CT molecular complexity index is 601. The predicted molar refractivity (Wildman–Crippen MR) is 71.2 cm³/mol. The molecule has 102 valence electrons. The van der Waals surface area contributed by atoms with E-state index in [1.807, 2.05) is 19.0 Å². The molecule has 0 saturated heterocycles. The summed E-state index contributed by atoms with van der Waals surface area (Å²) in [5, 5.41) is 10.1. The average Bonchev–Trinajstić information content (AvgIpc) is 2.65. The summed E-state index contributed by atoms with van der Waals surface area (Å²) in [6, 6.07) is 4.69. The van der Waals surface area contributed by atoms with Gasteiger partial charge in [-0.2, -0.15) is 0 Å². The molecule has 0 radical (unpaired) electrons. The molecule has 0 bridgehead atoms. The lowest BCUT2D eigenvalue weighted by molar-refractivity contribution is 0.0524. The molecule has 0 fully saturated rings. The van der Waals surface area contributed by atoms with Crippen LogP contribution in [0.3, 0.4) is 0 Å². The standard InChI is InChI=1S/C14H17NO4/c1-4-18-14(17)13-10-7-9(16)5-6-11(10)19-12(13)8-15(2)3/h5-7,16H,4,8H2,1-3H3. The molecule has 5 heteroatoms. The maximum atomic E-state index is 12.1. The van der Waals surface area contributed by atoms with Crippen LogP contribution in [-0.2, 0) is 11.3 Å². The molecule has 0 atom stereocenters. The third-order valence-corrected chi connectivity index (χ3v) is 2.68. The molecule has 2 rings (SSSR count). The summed E-state index contributed by atoms with van der Waals surface area (Å²) < 4.78 is 10.7. The van der Waals surface area contributed by atoms with Gasteiger partial charge in [-0.05, 0) is 39.2 Å². The Balaban J connectivity index is 2.59. The Hall–Kier alpha value is -2.01. The van der Waals surface area contributed by atoms with Gasteiger partial charge in [0, 0.05) is 5.39 Å². The number of nitrogens with zero attached hydrogens (tertiary/aromatic N) is 1. The molecule has 1 heterocycles. The van der Waals surface area contributed by atoms with Gasteiger partial charge in [0.05, 0.1) is 13.2 Å². The highest BCUT2D eigenvalue weighted by Gasteiger charge is 2.22. The summed E-state index contributed by atoms with van der Waals surface area (Å²) in [6.45, 7) is 2.54. The maximum Gasteiger partial charge on any atom is 0.342 e. The largest absolute Gasteiger partial charge is 0.508 e. The van der Waals surface area contributed by atoms with Crippen LogP contribution in [-0.4, -0.2) is 36.7 Å². The van der Waals surface area contributed by atoms with Crippen LogP contribution >= 0.6 is 0 Å². The Morgan fingerprint density at radius 1 is 1.42 bits per heavy atom. The van der Waals surface area contributed by atoms with E-state index in [1.165, 1.54) is 12.1 Å². The van der Waals surface area contributed by atoms with E-state index in [4.69, 9.17) is 9.15 Å². The van der Waals surface area contributed by atoms with E-state index in [0.717, 1.165) is 0 Å². The lowest BCUT2D eigenvalue weighted by Gasteiger charge is -2.08. The summed E-state index contributed by atoms with van der Waals surface area (Å²) in [6.07, 6.45) is 0. The van der Waals surface area contributed by atoms with Crippen LogP contribution in [0, 0.1) is 0 Å². The van der Waals surface area contributed by atoms with Crippen molar-refractivity contribution in [3.8, 4) is 5.75 Å². The van der Waals surface area contributed by atoms with Gasteiger partial charge in [-0.15, -0.1) is 0 Å². The van der Waals surface area contributed by atoms with Gasteiger partial charge in [0.1, 0.15) is 22.7 Å². The molecule has 0 aliphatic carbocycles. The molecule has 1 aromatic carbocycles. The zero-order valence-corrected chi connectivity index (χ0v) is 11.3. The van der Waals surface area contributed by atoms with Crippen molar-refractivity contribution < 1.29 is 19.1 Å². The highest BCUT2D eigenvalue weighted by atomic mass is 16.5.